The van der Waals surface area contributed by atoms with Gasteiger partial charge in [-0.3, -0.25) is 9.78 Å². The second kappa shape index (κ2) is 7.87. The molecule has 0 aliphatic rings. The lowest BCUT2D eigenvalue weighted by Crippen LogP contribution is -2.25. The molecule has 1 amide bonds. The number of nitrogens with zero attached hydrogens (tertiary/aromatic N) is 1. The predicted octanol–water partition coefficient (Wildman–Crippen LogP) is 2.01. The van der Waals surface area contributed by atoms with Gasteiger partial charge < -0.3 is 5.32 Å². The number of pyridine rings is 1. The molecule has 2 rings (SSSR count). The molecule has 0 aliphatic heterocycles. The number of carbonyl (C=O) groups is 1. The molecule has 0 saturated heterocycles. The molecular formula is C17H20N2O3S. The average molecular weight is 332 g/mol. The first-order chi connectivity index (χ1) is 11.0. The van der Waals surface area contributed by atoms with Crippen molar-refractivity contribution in [3.05, 3.63) is 65.5 Å². The third kappa shape index (κ3) is 5.83. The third-order valence-corrected chi connectivity index (χ3v) is 5.07. The second-order valence-corrected chi connectivity index (χ2v) is 7.59. The molecule has 6 heteroatoms. The molecule has 0 spiro atoms. The summed E-state index contributed by atoms with van der Waals surface area (Å²) >= 11 is 0. The van der Waals surface area contributed by atoms with Crippen LogP contribution in [-0.2, 0) is 26.9 Å². The predicted molar refractivity (Wildman–Crippen MR) is 89.4 cm³/mol. The van der Waals surface area contributed by atoms with Crippen molar-refractivity contribution in [1.82, 2.24) is 10.3 Å². The normalized spacial score (nSPS) is 11.2. The number of benzene rings is 1. The van der Waals surface area contributed by atoms with E-state index in [2.05, 4.69) is 10.3 Å². The first-order valence-electron chi connectivity index (χ1n) is 7.37. The highest BCUT2D eigenvalue weighted by Crippen LogP contribution is 2.12. The molecule has 0 aliphatic carbocycles. The van der Waals surface area contributed by atoms with Crippen LogP contribution in [0.25, 0.3) is 0 Å². The minimum Gasteiger partial charge on any atom is -0.352 e. The number of aryl methyl sites for hydroxylation is 1. The molecule has 0 bridgehead atoms. The summed E-state index contributed by atoms with van der Waals surface area (Å²) in [6.07, 6.45) is 3.28. The first kappa shape index (κ1) is 17.1. The zero-order valence-corrected chi connectivity index (χ0v) is 13.8. The van der Waals surface area contributed by atoms with Gasteiger partial charge in [-0.2, -0.15) is 0 Å². The highest BCUT2D eigenvalue weighted by Gasteiger charge is 2.15. The van der Waals surface area contributed by atoms with Gasteiger partial charge in [0.25, 0.3) is 0 Å². The van der Waals surface area contributed by atoms with E-state index in [9.17, 15) is 13.2 Å². The summed E-state index contributed by atoms with van der Waals surface area (Å²) in [4.78, 5) is 15.7. The second-order valence-electron chi connectivity index (χ2n) is 5.41. The Labute approximate surface area is 136 Å². The van der Waals surface area contributed by atoms with Crippen molar-refractivity contribution < 1.29 is 13.2 Å². The lowest BCUT2D eigenvalue weighted by Gasteiger charge is -2.08. The molecule has 0 saturated carbocycles. The average Bonchev–Trinajstić information content (AvgIpc) is 2.54. The number of amides is 1. The van der Waals surface area contributed by atoms with Crippen molar-refractivity contribution in [2.45, 2.75) is 25.6 Å². The van der Waals surface area contributed by atoms with Crippen LogP contribution >= 0.6 is 0 Å². The van der Waals surface area contributed by atoms with Gasteiger partial charge in [-0.15, -0.1) is 0 Å². The van der Waals surface area contributed by atoms with Crippen LogP contribution in [0.15, 0.2) is 48.8 Å². The van der Waals surface area contributed by atoms with E-state index < -0.39 is 9.84 Å². The number of aromatic nitrogens is 1. The molecule has 1 aromatic carbocycles. The van der Waals surface area contributed by atoms with E-state index in [0.29, 0.717) is 6.54 Å². The molecule has 1 aromatic heterocycles. The zero-order chi connectivity index (χ0) is 16.7. The quantitative estimate of drug-likeness (QED) is 0.841. The number of nitrogens with one attached hydrogen (secondary N) is 1. The third-order valence-electron chi connectivity index (χ3n) is 3.49. The smallest absolute Gasteiger partial charge is 0.221 e. The summed E-state index contributed by atoms with van der Waals surface area (Å²) in [5, 5.41) is 2.70. The molecule has 1 N–H and O–H groups in total. The molecule has 2 aromatic rings. The molecule has 0 atom stereocenters. The van der Waals surface area contributed by atoms with E-state index >= 15 is 0 Å². The monoisotopic (exact) mass is 332 g/mol. The maximum absolute atomic E-state index is 12.1. The summed E-state index contributed by atoms with van der Waals surface area (Å²) in [5.74, 6) is -0.460. The Bertz CT molecular complexity index is 758. The first-order valence-corrected chi connectivity index (χ1v) is 9.19. The number of carbonyl (C=O) groups excluding carboxylic acids is 1. The molecule has 23 heavy (non-hydrogen) atoms. The Morgan fingerprint density at radius 2 is 1.96 bits per heavy atom. The van der Waals surface area contributed by atoms with Crippen molar-refractivity contribution in [2.24, 2.45) is 0 Å². The number of rotatable bonds is 7. The van der Waals surface area contributed by atoms with Gasteiger partial charge in [-0.25, -0.2) is 8.42 Å². The molecule has 0 unspecified atom stereocenters. The Balaban J connectivity index is 1.82. The van der Waals surface area contributed by atoms with Crippen LogP contribution < -0.4 is 5.32 Å². The van der Waals surface area contributed by atoms with Gasteiger partial charge in [0.15, 0.2) is 9.84 Å². The van der Waals surface area contributed by atoms with Crippen molar-refractivity contribution in [2.75, 3.05) is 5.75 Å². The fourth-order valence-electron chi connectivity index (χ4n) is 2.12. The zero-order valence-electron chi connectivity index (χ0n) is 13.0. The fourth-order valence-corrected chi connectivity index (χ4v) is 3.56. The number of sulfone groups is 1. The highest BCUT2D eigenvalue weighted by molar-refractivity contribution is 7.90. The summed E-state index contributed by atoms with van der Waals surface area (Å²) in [7, 11) is -3.31. The van der Waals surface area contributed by atoms with Gasteiger partial charge in [-0.05, 0) is 29.7 Å². The lowest BCUT2D eigenvalue weighted by molar-refractivity contribution is -0.120. The Morgan fingerprint density at radius 3 is 2.65 bits per heavy atom. The van der Waals surface area contributed by atoms with Crippen LogP contribution in [0.4, 0.5) is 0 Å². The Hall–Kier alpha value is -2.21. The van der Waals surface area contributed by atoms with Crippen LogP contribution in [0.2, 0.25) is 0 Å². The van der Waals surface area contributed by atoms with Crippen LogP contribution in [-0.4, -0.2) is 25.1 Å². The molecule has 1 heterocycles. The molecule has 122 valence electrons. The van der Waals surface area contributed by atoms with Gasteiger partial charge in [0.2, 0.25) is 5.91 Å². The van der Waals surface area contributed by atoms with E-state index in [0.717, 1.165) is 16.7 Å². The van der Waals surface area contributed by atoms with Gasteiger partial charge in [0.05, 0.1) is 11.5 Å². The van der Waals surface area contributed by atoms with Gasteiger partial charge in [0, 0.05) is 25.4 Å². The summed E-state index contributed by atoms with van der Waals surface area (Å²) < 4.78 is 24.3. The minimum atomic E-state index is -3.31. The number of hydrogen-bond donors (Lipinski definition) is 1. The topological polar surface area (TPSA) is 76.1 Å². The SMILES string of the molecule is Cc1ccccc1CS(=O)(=O)CCC(=O)NCc1cccnc1. The lowest BCUT2D eigenvalue weighted by atomic mass is 10.1. The standard InChI is InChI=1S/C17H20N2O3S/c1-14-5-2-3-7-16(14)13-23(21,22)10-8-17(20)19-12-15-6-4-9-18-11-15/h2-7,9,11H,8,10,12-13H2,1H3,(H,19,20). The van der Waals surface area contributed by atoms with E-state index in [1.165, 1.54) is 0 Å². The van der Waals surface area contributed by atoms with Crippen molar-refractivity contribution >= 4 is 15.7 Å². The molecule has 0 radical (unpaired) electrons. The van der Waals surface area contributed by atoms with Crippen molar-refractivity contribution in [3.8, 4) is 0 Å². The van der Waals surface area contributed by atoms with Crippen LogP contribution in [0.5, 0.6) is 0 Å². The van der Waals surface area contributed by atoms with Gasteiger partial charge >= 0.3 is 0 Å². The van der Waals surface area contributed by atoms with E-state index in [4.69, 9.17) is 0 Å². The van der Waals surface area contributed by atoms with Crippen LogP contribution in [0.3, 0.4) is 0 Å². The Kier molecular flexibility index (Phi) is 5.87. The molecule has 0 fully saturated rings. The summed E-state index contributed by atoms with van der Waals surface area (Å²) in [6, 6.07) is 11.0. The largest absolute Gasteiger partial charge is 0.352 e. The van der Waals surface area contributed by atoms with Crippen LogP contribution in [0, 0.1) is 6.92 Å². The van der Waals surface area contributed by atoms with Crippen molar-refractivity contribution in [1.29, 1.82) is 0 Å². The minimum absolute atomic E-state index is 0.0322. The summed E-state index contributed by atoms with van der Waals surface area (Å²) in [6.45, 7) is 2.23. The number of hydrogen-bond acceptors (Lipinski definition) is 4. The van der Waals surface area contributed by atoms with E-state index in [-0.39, 0.29) is 23.8 Å². The summed E-state index contributed by atoms with van der Waals surface area (Å²) in [5.41, 5.74) is 2.60. The van der Waals surface area contributed by atoms with Gasteiger partial charge in [0.1, 0.15) is 0 Å². The van der Waals surface area contributed by atoms with Crippen molar-refractivity contribution in [3.63, 3.8) is 0 Å². The Morgan fingerprint density at radius 1 is 1.17 bits per heavy atom. The maximum atomic E-state index is 12.1. The maximum Gasteiger partial charge on any atom is 0.221 e. The van der Waals surface area contributed by atoms with Gasteiger partial charge in [-0.1, -0.05) is 30.3 Å². The molecular weight excluding hydrogens is 312 g/mol. The fraction of sp³-hybridized carbons (Fsp3) is 0.294. The van der Waals surface area contributed by atoms with Crippen LogP contribution in [0.1, 0.15) is 23.1 Å². The highest BCUT2D eigenvalue weighted by atomic mass is 32.2. The molecule has 5 nitrogen and oxygen atoms in total. The van der Waals surface area contributed by atoms with E-state index in [1.807, 2.05) is 31.2 Å². The van der Waals surface area contributed by atoms with E-state index in [1.54, 1.807) is 24.5 Å².